The number of aliphatic hydroxyl groups excluding tert-OH is 1. The largest absolute Gasteiger partial charge is 0.396 e. The van der Waals surface area contributed by atoms with E-state index in [2.05, 4.69) is 23.7 Å². The third-order valence-corrected chi connectivity index (χ3v) is 6.13. The van der Waals surface area contributed by atoms with Crippen LogP contribution in [0.15, 0.2) is 18.3 Å². The maximum Gasteiger partial charge on any atom is 0.151 e. The first-order valence-electron chi connectivity index (χ1n) is 7.64. The number of nitrogens with zero attached hydrogens (tertiary/aromatic N) is 2. The number of anilines is 1. The van der Waals surface area contributed by atoms with Crippen molar-refractivity contribution < 1.29 is 13.5 Å². The Morgan fingerprint density at radius 3 is 2.59 bits per heavy atom. The number of fused-ring (bicyclic) bond motifs is 1. The highest BCUT2D eigenvalue weighted by molar-refractivity contribution is 7.89. The molecule has 3 rings (SSSR count). The zero-order chi connectivity index (χ0) is 16.2. The number of hydrogen-bond donors (Lipinski definition) is 1. The lowest BCUT2D eigenvalue weighted by Gasteiger charge is -2.55. The van der Waals surface area contributed by atoms with E-state index >= 15 is 0 Å². The average Bonchev–Trinajstić information content (AvgIpc) is 2.73. The average molecular weight is 324 g/mol. The number of aromatic nitrogens is 1. The van der Waals surface area contributed by atoms with Crippen LogP contribution >= 0.6 is 0 Å². The van der Waals surface area contributed by atoms with Crippen molar-refractivity contribution in [2.45, 2.75) is 26.0 Å². The highest BCUT2D eigenvalue weighted by Gasteiger charge is 2.62. The van der Waals surface area contributed by atoms with Gasteiger partial charge >= 0.3 is 0 Å². The Labute approximate surface area is 132 Å². The van der Waals surface area contributed by atoms with Crippen molar-refractivity contribution in [3.63, 3.8) is 0 Å². The van der Waals surface area contributed by atoms with E-state index in [4.69, 9.17) is 0 Å². The predicted molar refractivity (Wildman–Crippen MR) is 86.4 cm³/mol. The maximum atomic E-state index is 11.3. The summed E-state index contributed by atoms with van der Waals surface area (Å²) in [5.74, 6) is 1.38. The van der Waals surface area contributed by atoms with Crippen molar-refractivity contribution in [2.24, 2.45) is 16.7 Å². The highest BCUT2D eigenvalue weighted by Crippen LogP contribution is 2.62. The topological polar surface area (TPSA) is 70.5 Å². The van der Waals surface area contributed by atoms with E-state index in [-0.39, 0.29) is 23.2 Å². The molecule has 2 aliphatic rings. The van der Waals surface area contributed by atoms with Gasteiger partial charge in [-0.15, -0.1) is 0 Å². The van der Waals surface area contributed by atoms with E-state index in [0.717, 1.165) is 25.3 Å². The van der Waals surface area contributed by atoms with Crippen LogP contribution in [0.4, 0.5) is 5.82 Å². The molecule has 0 spiro atoms. The molecule has 122 valence electrons. The van der Waals surface area contributed by atoms with Crippen molar-refractivity contribution in [1.29, 1.82) is 0 Å². The van der Waals surface area contributed by atoms with E-state index < -0.39 is 9.84 Å². The van der Waals surface area contributed by atoms with E-state index in [1.165, 1.54) is 6.26 Å². The predicted octanol–water partition coefficient (Wildman–Crippen LogP) is 1.47. The second-order valence-electron chi connectivity index (χ2n) is 7.71. The monoisotopic (exact) mass is 324 g/mol. The first kappa shape index (κ1) is 15.7. The Balaban J connectivity index is 1.76. The van der Waals surface area contributed by atoms with Gasteiger partial charge in [-0.2, -0.15) is 0 Å². The molecule has 0 unspecified atom stereocenters. The molecule has 1 aliphatic heterocycles. The standard InChI is InChI=1S/C16H24N2O3S/c1-15(2)9-16(11-19)10-18(7-13(15)16)14-5-4-12(6-17-14)8-22(3,20)21/h4-6,13,19H,7-11H2,1-3H3/t13-,16-/m1/s1. The van der Waals surface area contributed by atoms with Gasteiger partial charge in [0.1, 0.15) is 5.82 Å². The molecule has 6 heteroatoms. The van der Waals surface area contributed by atoms with Crippen LogP contribution in [0.3, 0.4) is 0 Å². The summed E-state index contributed by atoms with van der Waals surface area (Å²) >= 11 is 0. The molecule has 0 aromatic carbocycles. The van der Waals surface area contributed by atoms with Crippen molar-refractivity contribution in [3.8, 4) is 0 Å². The molecule has 1 aromatic heterocycles. The molecule has 1 saturated carbocycles. The summed E-state index contributed by atoms with van der Waals surface area (Å²) in [6.45, 7) is 6.49. The number of hydrogen-bond acceptors (Lipinski definition) is 5. The molecule has 2 atom stereocenters. The zero-order valence-corrected chi connectivity index (χ0v) is 14.2. The molecular formula is C16H24N2O3S. The molecular weight excluding hydrogens is 300 g/mol. The van der Waals surface area contributed by atoms with Gasteiger partial charge in [0.05, 0.1) is 12.4 Å². The summed E-state index contributed by atoms with van der Waals surface area (Å²) in [5, 5.41) is 9.80. The third kappa shape index (κ3) is 2.63. The SMILES string of the molecule is CC1(C)C[C@]2(CO)CN(c3ccc(CS(C)(=O)=O)cn3)C[C@H]12. The third-order valence-electron chi connectivity index (χ3n) is 5.28. The summed E-state index contributed by atoms with van der Waals surface area (Å²) in [6, 6.07) is 3.73. The molecule has 22 heavy (non-hydrogen) atoms. The Kier molecular flexibility index (Phi) is 3.53. The minimum absolute atomic E-state index is 0.0105. The smallest absolute Gasteiger partial charge is 0.151 e. The highest BCUT2D eigenvalue weighted by atomic mass is 32.2. The molecule has 2 fully saturated rings. The van der Waals surface area contributed by atoms with Gasteiger partial charge in [-0.25, -0.2) is 13.4 Å². The van der Waals surface area contributed by atoms with Crippen molar-refractivity contribution in [2.75, 3.05) is 30.9 Å². The molecule has 1 aromatic rings. The Morgan fingerprint density at radius 2 is 2.14 bits per heavy atom. The van der Waals surface area contributed by atoms with Crippen LogP contribution in [0.2, 0.25) is 0 Å². The molecule has 2 heterocycles. The maximum absolute atomic E-state index is 11.3. The summed E-state index contributed by atoms with van der Waals surface area (Å²) in [7, 11) is -3.03. The van der Waals surface area contributed by atoms with E-state index in [1.54, 1.807) is 6.20 Å². The van der Waals surface area contributed by atoms with E-state index in [0.29, 0.717) is 11.5 Å². The van der Waals surface area contributed by atoms with Gasteiger partial charge < -0.3 is 10.0 Å². The lowest BCUT2D eigenvalue weighted by Crippen LogP contribution is -2.54. The van der Waals surface area contributed by atoms with Crippen LogP contribution in [0.1, 0.15) is 25.8 Å². The van der Waals surface area contributed by atoms with Gasteiger partial charge in [-0.3, -0.25) is 0 Å². The van der Waals surface area contributed by atoms with Crippen molar-refractivity contribution in [1.82, 2.24) is 4.98 Å². The van der Waals surface area contributed by atoms with E-state index in [9.17, 15) is 13.5 Å². The molecule has 1 N–H and O–H groups in total. The molecule has 5 nitrogen and oxygen atoms in total. The van der Waals surface area contributed by atoms with Crippen molar-refractivity contribution >= 4 is 15.7 Å². The van der Waals surface area contributed by atoms with Gasteiger partial charge in [0, 0.05) is 31.0 Å². The van der Waals surface area contributed by atoms with Crippen LogP contribution in [0, 0.1) is 16.7 Å². The van der Waals surface area contributed by atoms with Gasteiger partial charge in [-0.05, 0) is 29.4 Å². The minimum atomic E-state index is -3.03. The normalized spacial score (nSPS) is 30.0. The molecule has 1 saturated heterocycles. The van der Waals surface area contributed by atoms with Crippen LogP contribution in [-0.2, 0) is 15.6 Å². The Bertz CT molecular complexity index is 669. The summed E-state index contributed by atoms with van der Waals surface area (Å²) in [5.41, 5.74) is 0.996. The van der Waals surface area contributed by atoms with Gasteiger partial charge in [0.15, 0.2) is 9.84 Å². The summed E-state index contributed by atoms with van der Waals surface area (Å²) in [6.07, 6.45) is 3.92. The number of rotatable bonds is 4. The molecule has 1 aliphatic carbocycles. The Morgan fingerprint density at radius 1 is 1.41 bits per heavy atom. The fourth-order valence-electron chi connectivity index (χ4n) is 4.51. The van der Waals surface area contributed by atoms with E-state index in [1.807, 2.05) is 12.1 Å². The quantitative estimate of drug-likeness (QED) is 0.908. The second kappa shape index (κ2) is 4.93. The zero-order valence-electron chi connectivity index (χ0n) is 13.4. The molecule has 0 bridgehead atoms. The van der Waals surface area contributed by atoms with Gasteiger partial charge in [-0.1, -0.05) is 19.9 Å². The number of pyridine rings is 1. The van der Waals surface area contributed by atoms with Crippen molar-refractivity contribution in [3.05, 3.63) is 23.9 Å². The van der Waals surface area contributed by atoms with Gasteiger partial charge in [0.2, 0.25) is 0 Å². The number of sulfone groups is 1. The minimum Gasteiger partial charge on any atom is -0.396 e. The lowest BCUT2D eigenvalue weighted by molar-refractivity contribution is -0.0974. The molecule has 0 radical (unpaired) electrons. The first-order valence-corrected chi connectivity index (χ1v) is 9.70. The summed E-state index contributed by atoms with van der Waals surface area (Å²) < 4.78 is 22.6. The fraction of sp³-hybridized carbons (Fsp3) is 0.688. The van der Waals surface area contributed by atoms with Gasteiger partial charge in [0.25, 0.3) is 0 Å². The van der Waals surface area contributed by atoms with Crippen LogP contribution in [0.5, 0.6) is 0 Å². The van der Waals surface area contributed by atoms with Crippen LogP contribution in [-0.4, -0.2) is 44.5 Å². The van der Waals surface area contributed by atoms with Crippen LogP contribution in [0.25, 0.3) is 0 Å². The fourth-order valence-corrected chi connectivity index (χ4v) is 5.28. The number of aliphatic hydroxyl groups is 1. The lowest BCUT2D eigenvalue weighted by atomic mass is 9.48. The Hall–Kier alpha value is -1.14. The second-order valence-corrected chi connectivity index (χ2v) is 9.85. The molecule has 0 amide bonds. The summed E-state index contributed by atoms with van der Waals surface area (Å²) in [4.78, 5) is 6.66. The van der Waals surface area contributed by atoms with Crippen LogP contribution < -0.4 is 4.90 Å². The first-order chi connectivity index (χ1) is 10.2.